The van der Waals surface area contributed by atoms with Gasteiger partial charge in [-0.25, -0.2) is 9.48 Å². The fraction of sp³-hybridized carbons (Fsp3) is 0.0714. The van der Waals surface area contributed by atoms with Gasteiger partial charge in [-0.1, -0.05) is 16.8 Å². The van der Waals surface area contributed by atoms with Crippen molar-refractivity contribution in [3.63, 3.8) is 0 Å². The number of fused-ring (bicyclic) bond motifs is 1. The molecule has 0 radical (unpaired) electrons. The Hall–Kier alpha value is -1.92. The summed E-state index contributed by atoms with van der Waals surface area (Å²) in [5.74, 6) is -0.995. The van der Waals surface area contributed by atoms with Crippen LogP contribution in [0.1, 0.15) is 15.9 Å². The first-order chi connectivity index (χ1) is 9.97. The number of carbonyl (C=O) groups is 1. The van der Waals surface area contributed by atoms with E-state index < -0.39 is 5.97 Å². The molecular formula is C14H9BrClN3O2. The first-order valence-electron chi connectivity index (χ1n) is 6.02. The Balaban J connectivity index is 2.27. The van der Waals surface area contributed by atoms with Crippen LogP contribution >= 0.6 is 27.5 Å². The molecule has 106 valence electrons. The van der Waals surface area contributed by atoms with E-state index in [1.807, 2.05) is 13.0 Å². The number of aryl methyl sites for hydroxylation is 1. The lowest BCUT2D eigenvalue weighted by atomic mass is 10.2. The third kappa shape index (κ3) is 2.41. The van der Waals surface area contributed by atoms with Gasteiger partial charge in [-0.05, 0) is 58.7 Å². The average Bonchev–Trinajstić information content (AvgIpc) is 2.85. The molecule has 5 nitrogen and oxygen atoms in total. The van der Waals surface area contributed by atoms with E-state index in [1.54, 1.807) is 16.8 Å². The number of aromatic carboxylic acids is 1. The fourth-order valence-corrected chi connectivity index (χ4v) is 2.81. The van der Waals surface area contributed by atoms with Gasteiger partial charge in [-0.15, -0.1) is 5.10 Å². The highest BCUT2D eigenvalue weighted by atomic mass is 79.9. The molecule has 7 heteroatoms. The second-order valence-corrected chi connectivity index (χ2v) is 5.82. The average molecular weight is 367 g/mol. The molecule has 0 saturated heterocycles. The first kappa shape index (κ1) is 14.0. The number of carboxylic acids is 1. The molecule has 1 heterocycles. The summed E-state index contributed by atoms with van der Waals surface area (Å²) in [4.78, 5) is 11.1. The molecule has 0 amide bonds. The predicted molar refractivity (Wildman–Crippen MR) is 83.3 cm³/mol. The van der Waals surface area contributed by atoms with Crippen molar-refractivity contribution in [1.29, 1.82) is 0 Å². The number of aromatic nitrogens is 3. The topological polar surface area (TPSA) is 68.0 Å². The van der Waals surface area contributed by atoms with Crippen LogP contribution in [0.25, 0.3) is 16.7 Å². The maximum Gasteiger partial charge on any atom is 0.335 e. The number of halogens is 2. The molecule has 0 unspecified atom stereocenters. The zero-order valence-electron chi connectivity index (χ0n) is 10.8. The Kier molecular flexibility index (Phi) is 3.43. The third-order valence-electron chi connectivity index (χ3n) is 3.15. The molecule has 1 N–H and O–H groups in total. The standard InChI is InChI=1S/C14H9BrClN3O2/c1-7-4-9(15)12(6-10(7)16)19-13-5-8(14(20)21)2-3-11(13)17-18-19/h2-6H,1H3,(H,20,21). The number of carboxylic acid groups (broad SMARTS) is 1. The summed E-state index contributed by atoms with van der Waals surface area (Å²) < 4.78 is 2.37. The first-order valence-corrected chi connectivity index (χ1v) is 7.19. The summed E-state index contributed by atoms with van der Waals surface area (Å²) in [6.07, 6.45) is 0. The summed E-state index contributed by atoms with van der Waals surface area (Å²) in [7, 11) is 0. The van der Waals surface area contributed by atoms with Crippen LogP contribution in [0.3, 0.4) is 0 Å². The lowest BCUT2D eigenvalue weighted by Crippen LogP contribution is -2.00. The molecule has 0 aliphatic carbocycles. The number of benzene rings is 2. The Labute approximate surface area is 133 Å². The summed E-state index contributed by atoms with van der Waals surface area (Å²) in [5, 5.41) is 17.8. The van der Waals surface area contributed by atoms with Crippen molar-refractivity contribution in [2.24, 2.45) is 0 Å². The monoisotopic (exact) mass is 365 g/mol. The third-order valence-corrected chi connectivity index (χ3v) is 4.19. The molecular weight excluding hydrogens is 358 g/mol. The summed E-state index contributed by atoms with van der Waals surface area (Å²) in [6.45, 7) is 1.90. The van der Waals surface area contributed by atoms with Crippen molar-refractivity contribution in [3.05, 3.63) is 51.0 Å². The molecule has 0 atom stereocenters. The lowest BCUT2D eigenvalue weighted by Gasteiger charge is -2.08. The predicted octanol–water partition coefficient (Wildman–Crippen LogP) is 3.84. The molecule has 0 bridgehead atoms. The smallest absolute Gasteiger partial charge is 0.335 e. The van der Waals surface area contributed by atoms with Gasteiger partial charge in [0.2, 0.25) is 0 Å². The van der Waals surface area contributed by atoms with Gasteiger partial charge < -0.3 is 5.11 Å². The van der Waals surface area contributed by atoms with E-state index in [1.165, 1.54) is 12.1 Å². The quantitative estimate of drug-likeness (QED) is 0.748. The van der Waals surface area contributed by atoms with Gasteiger partial charge in [-0.2, -0.15) is 0 Å². The van der Waals surface area contributed by atoms with Gasteiger partial charge in [0, 0.05) is 9.50 Å². The molecule has 0 saturated carbocycles. The fourth-order valence-electron chi connectivity index (χ4n) is 2.03. The van der Waals surface area contributed by atoms with Crippen LogP contribution in [-0.4, -0.2) is 26.1 Å². The largest absolute Gasteiger partial charge is 0.478 e. The van der Waals surface area contributed by atoms with Crippen LogP contribution in [0.2, 0.25) is 5.02 Å². The minimum Gasteiger partial charge on any atom is -0.478 e. The Morgan fingerprint density at radius 3 is 2.81 bits per heavy atom. The van der Waals surface area contributed by atoms with Gasteiger partial charge in [0.25, 0.3) is 0 Å². The van der Waals surface area contributed by atoms with Crippen LogP contribution in [0.5, 0.6) is 0 Å². The lowest BCUT2D eigenvalue weighted by molar-refractivity contribution is 0.0697. The van der Waals surface area contributed by atoms with E-state index in [2.05, 4.69) is 26.2 Å². The Morgan fingerprint density at radius 2 is 2.10 bits per heavy atom. The van der Waals surface area contributed by atoms with E-state index in [9.17, 15) is 4.79 Å². The zero-order chi connectivity index (χ0) is 15.1. The second kappa shape index (κ2) is 5.13. The zero-order valence-corrected chi connectivity index (χ0v) is 13.2. The number of nitrogens with zero attached hydrogens (tertiary/aromatic N) is 3. The van der Waals surface area contributed by atoms with Crippen molar-refractivity contribution in [1.82, 2.24) is 15.0 Å². The molecule has 1 aromatic heterocycles. The van der Waals surface area contributed by atoms with Crippen LogP contribution in [0.4, 0.5) is 0 Å². The minimum atomic E-state index is -0.995. The van der Waals surface area contributed by atoms with Crippen LogP contribution in [0.15, 0.2) is 34.8 Å². The number of hydrogen-bond acceptors (Lipinski definition) is 3. The van der Waals surface area contributed by atoms with Gasteiger partial charge in [0.05, 0.1) is 16.8 Å². The van der Waals surface area contributed by atoms with Gasteiger partial charge in [-0.3, -0.25) is 0 Å². The van der Waals surface area contributed by atoms with Crippen molar-refractivity contribution >= 4 is 44.5 Å². The highest BCUT2D eigenvalue weighted by molar-refractivity contribution is 9.10. The minimum absolute atomic E-state index is 0.181. The maximum absolute atomic E-state index is 11.1. The highest BCUT2D eigenvalue weighted by Crippen LogP contribution is 2.29. The molecule has 21 heavy (non-hydrogen) atoms. The van der Waals surface area contributed by atoms with E-state index in [-0.39, 0.29) is 5.56 Å². The molecule has 0 aliphatic rings. The van der Waals surface area contributed by atoms with Crippen molar-refractivity contribution in [2.75, 3.05) is 0 Å². The van der Waals surface area contributed by atoms with Gasteiger partial charge in [0.1, 0.15) is 5.52 Å². The van der Waals surface area contributed by atoms with Crippen LogP contribution in [-0.2, 0) is 0 Å². The SMILES string of the molecule is Cc1cc(Br)c(-n2nnc3ccc(C(=O)O)cc32)cc1Cl. The number of rotatable bonds is 2. The van der Waals surface area contributed by atoms with Gasteiger partial charge in [0.15, 0.2) is 0 Å². The summed E-state index contributed by atoms with van der Waals surface area (Å²) >= 11 is 9.63. The summed E-state index contributed by atoms with van der Waals surface area (Å²) in [5.41, 5.74) is 3.04. The van der Waals surface area contributed by atoms with E-state index in [0.717, 1.165) is 10.0 Å². The van der Waals surface area contributed by atoms with Crippen LogP contribution in [0, 0.1) is 6.92 Å². The Bertz CT molecular complexity index is 876. The van der Waals surface area contributed by atoms with E-state index in [4.69, 9.17) is 16.7 Å². The molecule has 0 aliphatic heterocycles. The molecule has 0 fully saturated rings. The summed E-state index contributed by atoms with van der Waals surface area (Å²) in [6, 6.07) is 8.32. The van der Waals surface area contributed by atoms with Crippen molar-refractivity contribution in [3.8, 4) is 5.69 Å². The maximum atomic E-state index is 11.1. The normalized spacial score (nSPS) is 11.0. The molecule has 3 rings (SSSR count). The van der Waals surface area contributed by atoms with Crippen molar-refractivity contribution < 1.29 is 9.90 Å². The van der Waals surface area contributed by atoms with E-state index in [0.29, 0.717) is 21.7 Å². The van der Waals surface area contributed by atoms with Crippen molar-refractivity contribution in [2.45, 2.75) is 6.92 Å². The second-order valence-electron chi connectivity index (χ2n) is 4.56. The number of hydrogen-bond donors (Lipinski definition) is 1. The molecule has 3 aromatic rings. The Morgan fingerprint density at radius 1 is 1.33 bits per heavy atom. The van der Waals surface area contributed by atoms with Gasteiger partial charge >= 0.3 is 5.97 Å². The van der Waals surface area contributed by atoms with E-state index >= 15 is 0 Å². The molecule has 0 spiro atoms. The van der Waals surface area contributed by atoms with Crippen LogP contribution < -0.4 is 0 Å². The highest BCUT2D eigenvalue weighted by Gasteiger charge is 2.13. The molecule has 2 aromatic carbocycles.